The van der Waals surface area contributed by atoms with Crippen LogP contribution in [0.25, 0.3) is 16.7 Å². The molecule has 0 atom stereocenters. The highest BCUT2D eigenvalue weighted by Gasteiger charge is 2.21. The minimum absolute atomic E-state index is 0.105. The third-order valence-corrected chi connectivity index (χ3v) is 6.08. The molecule has 0 spiro atoms. The zero-order valence-corrected chi connectivity index (χ0v) is 20.3. The minimum Gasteiger partial charge on any atom is -0.497 e. The van der Waals surface area contributed by atoms with Crippen molar-refractivity contribution in [1.29, 1.82) is 0 Å². The summed E-state index contributed by atoms with van der Waals surface area (Å²) in [5, 5.41) is 8.22. The molecule has 4 rings (SSSR count). The first-order chi connectivity index (χ1) is 16.7. The van der Waals surface area contributed by atoms with Gasteiger partial charge in [0.2, 0.25) is 5.91 Å². The van der Waals surface area contributed by atoms with Crippen molar-refractivity contribution in [3.05, 3.63) is 75.5 Å². The van der Waals surface area contributed by atoms with E-state index >= 15 is 0 Å². The number of anilines is 1. The predicted octanol–water partition coefficient (Wildman–Crippen LogP) is 4.07. The molecule has 0 fully saturated rings. The van der Waals surface area contributed by atoms with Crippen molar-refractivity contribution in [2.45, 2.75) is 26.7 Å². The molecule has 0 radical (unpaired) electrons. The third-order valence-electron chi connectivity index (χ3n) is 6.08. The molecule has 1 amide bonds. The van der Waals surface area contributed by atoms with Gasteiger partial charge in [0.25, 0.3) is 5.56 Å². The van der Waals surface area contributed by atoms with Crippen molar-refractivity contribution in [3.8, 4) is 17.2 Å². The van der Waals surface area contributed by atoms with Gasteiger partial charge in [0.15, 0.2) is 0 Å². The van der Waals surface area contributed by atoms with Gasteiger partial charge in [-0.1, -0.05) is 6.07 Å². The van der Waals surface area contributed by atoms with Crippen LogP contribution in [0.1, 0.15) is 23.2 Å². The Bertz CT molecular complexity index is 1490. The number of methoxy groups -OCH3 is 2. The van der Waals surface area contributed by atoms with Crippen LogP contribution in [0.4, 0.5) is 10.1 Å². The van der Waals surface area contributed by atoms with E-state index in [0.29, 0.717) is 39.8 Å². The molecule has 0 aliphatic heterocycles. The lowest BCUT2D eigenvalue weighted by atomic mass is 10.0. The lowest BCUT2D eigenvalue weighted by molar-refractivity contribution is -0.116. The summed E-state index contributed by atoms with van der Waals surface area (Å²) in [6.45, 7) is 3.70. The molecular weight excluding hydrogens is 451 g/mol. The lowest BCUT2D eigenvalue weighted by Crippen LogP contribution is -2.25. The molecule has 0 unspecified atom stereocenters. The lowest BCUT2D eigenvalue weighted by Gasteiger charge is -2.14. The number of aryl methyl sites for hydroxylation is 3. The summed E-state index contributed by atoms with van der Waals surface area (Å²) < 4.78 is 27.4. The number of rotatable bonds is 7. The van der Waals surface area contributed by atoms with E-state index in [2.05, 4.69) is 10.4 Å². The van der Waals surface area contributed by atoms with Gasteiger partial charge in [0, 0.05) is 30.5 Å². The quantitative estimate of drug-likeness (QED) is 0.433. The highest BCUT2D eigenvalue weighted by molar-refractivity contribution is 5.93. The number of amides is 1. The van der Waals surface area contributed by atoms with Crippen LogP contribution >= 0.6 is 0 Å². The number of carbonyl (C=O) groups is 1. The van der Waals surface area contributed by atoms with E-state index in [9.17, 15) is 14.0 Å². The van der Waals surface area contributed by atoms with E-state index in [0.717, 1.165) is 10.9 Å². The number of carbonyl (C=O) groups excluding carboxylic acids is 1. The van der Waals surface area contributed by atoms with Gasteiger partial charge in [-0.05, 0) is 56.2 Å². The maximum atomic E-state index is 13.8. The first-order valence-electron chi connectivity index (χ1n) is 11.1. The zero-order valence-electron chi connectivity index (χ0n) is 20.3. The number of ether oxygens (including phenoxy) is 2. The summed E-state index contributed by atoms with van der Waals surface area (Å²) in [6.07, 6.45) is 0.358. The van der Waals surface area contributed by atoms with Gasteiger partial charge in [-0.25, -0.2) is 9.07 Å². The Morgan fingerprint density at radius 3 is 2.57 bits per heavy atom. The van der Waals surface area contributed by atoms with E-state index in [4.69, 9.17) is 9.47 Å². The van der Waals surface area contributed by atoms with Crippen LogP contribution in [0.3, 0.4) is 0 Å². The summed E-state index contributed by atoms with van der Waals surface area (Å²) in [4.78, 5) is 26.0. The first kappa shape index (κ1) is 24.0. The normalized spacial score (nSPS) is 11.0. The number of nitrogens with zero attached hydrogens (tertiary/aromatic N) is 3. The highest BCUT2D eigenvalue weighted by atomic mass is 19.1. The molecule has 0 saturated carbocycles. The maximum absolute atomic E-state index is 13.8. The van der Waals surface area contributed by atoms with Gasteiger partial charge < -0.3 is 14.8 Å². The molecule has 0 aliphatic rings. The van der Waals surface area contributed by atoms with Gasteiger partial charge in [0.05, 0.1) is 31.3 Å². The van der Waals surface area contributed by atoms with Crippen molar-refractivity contribution in [2.75, 3.05) is 19.5 Å². The van der Waals surface area contributed by atoms with Gasteiger partial charge in [0.1, 0.15) is 23.0 Å². The van der Waals surface area contributed by atoms with Crippen LogP contribution in [0.2, 0.25) is 0 Å². The number of halogens is 1. The molecule has 0 bridgehead atoms. The zero-order chi connectivity index (χ0) is 25.3. The Balaban J connectivity index is 1.64. The first-order valence-corrected chi connectivity index (χ1v) is 11.1. The number of aromatic nitrogens is 3. The summed E-state index contributed by atoms with van der Waals surface area (Å²) in [7, 11) is 4.72. The van der Waals surface area contributed by atoms with Crippen molar-refractivity contribution < 1.29 is 18.7 Å². The molecule has 8 nitrogen and oxygen atoms in total. The summed E-state index contributed by atoms with van der Waals surface area (Å²) in [5.41, 5.74) is 3.42. The van der Waals surface area contributed by atoms with Crippen molar-refractivity contribution >= 4 is 22.6 Å². The number of hydrogen-bond donors (Lipinski definition) is 1. The minimum atomic E-state index is -0.387. The number of benzene rings is 2. The SMILES string of the molecule is COc1ccc(NC(=O)CCc2c(C)c3c(C)nn(-c4cccc(F)c4)c3n(C)c2=O)c(OC)c1. The molecule has 2 aromatic carbocycles. The van der Waals surface area contributed by atoms with Gasteiger partial charge in [-0.3, -0.25) is 14.2 Å². The van der Waals surface area contributed by atoms with E-state index < -0.39 is 0 Å². The van der Waals surface area contributed by atoms with Crippen molar-refractivity contribution in [3.63, 3.8) is 0 Å². The van der Waals surface area contributed by atoms with Crippen molar-refractivity contribution in [1.82, 2.24) is 14.3 Å². The standard InChI is InChI=1S/C26H27FN4O4/c1-15-20(10-12-23(32)28-21-11-9-19(34-4)14-22(21)35-5)26(33)30(3)25-24(15)16(2)29-31(25)18-8-6-7-17(27)13-18/h6-9,11,13-14H,10,12H2,1-5H3,(H,28,32). The van der Waals surface area contributed by atoms with Crippen LogP contribution in [-0.2, 0) is 18.3 Å². The van der Waals surface area contributed by atoms with Gasteiger partial charge >= 0.3 is 0 Å². The van der Waals surface area contributed by atoms with Crippen LogP contribution < -0.4 is 20.3 Å². The fraction of sp³-hybridized carbons (Fsp3) is 0.269. The molecule has 2 heterocycles. The molecule has 0 aliphatic carbocycles. The van der Waals surface area contributed by atoms with E-state index in [1.165, 1.54) is 23.8 Å². The molecular formula is C26H27FN4O4. The molecule has 9 heteroatoms. The van der Waals surface area contributed by atoms with Gasteiger partial charge in [-0.15, -0.1) is 0 Å². The van der Waals surface area contributed by atoms with Crippen LogP contribution in [0.5, 0.6) is 11.5 Å². The number of nitrogens with one attached hydrogen (secondary N) is 1. The topological polar surface area (TPSA) is 87.4 Å². The highest BCUT2D eigenvalue weighted by Crippen LogP contribution is 2.30. The fourth-order valence-electron chi connectivity index (χ4n) is 4.31. The Kier molecular flexibility index (Phi) is 6.59. The van der Waals surface area contributed by atoms with E-state index in [-0.39, 0.29) is 30.1 Å². The second-order valence-electron chi connectivity index (χ2n) is 8.26. The summed E-state index contributed by atoms with van der Waals surface area (Å²) in [6, 6.07) is 11.2. The Morgan fingerprint density at radius 2 is 1.89 bits per heavy atom. The van der Waals surface area contributed by atoms with Crippen LogP contribution in [0.15, 0.2) is 47.3 Å². The molecule has 1 N–H and O–H groups in total. The Hall–Kier alpha value is -4.14. The summed E-state index contributed by atoms with van der Waals surface area (Å²) in [5.74, 6) is 0.455. The summed E-state index contributed by atoms with van der Waals surface area (Å²) >= 11 is 0. The second kappa shape index (κ2) is 9.61. The maximum Gasteiger partial charge on any atom is 0.255 e. The smallest absolute Gasteiger partial charge is 0.255 e. The molecule has 182 valence electrons. The molecule has 35 heavy (non-hydrogen) atoms. The Morgan fingerprint density at radius 1 is 1.11 bits per heavy atom. The Labute approximate surface area is 201 Å². The molecule has 0 saturated heterocycles. The average Bonchev–Trinajstić information content (AvgIpc) is 3.20. The number of pyridine rings is 1. The van der Waals surface area contributed by atoms with Crippen molar-refractivity contribution in [2.24, 2.45) is 7.05 Å². The van der Waals surface area contributed by atoms with Gasteiger partial charge in [-0.2, -0.15) is 5.10 Å². The largest absolute Gasteiger partial charge is 0.497 e. The second-order valence-corrected chi connectivity index (χ2v) is 8.26. The fourth-order valence-corrected chi connectivity index (χ4v) is 4.31. The third kappa shape index (κ3) is 4.49. The van der Waals surface area contributed by atoms with Crippen LogP contribution in [-0.4, -0.2) is 34.5 Å². The number of hydrogen-bond acceptors (Lipinski definition) is 5. The number of fused-ring (bicyclic) bond motifs is 1. The van der Waals surface area contributed by atoms with E-state index in [1.807, 2.05) is 13.8 Å². The van der Waals surface area contributed by atoms with Crippen LogP contribution in [0, 0.1) is 19.7 Å². The average molecular weight is 479 g/mol. The molecule has 2 aromatic heterocycles. The predicted molar refractivity (Wildman–Crippen MR) is 132 cm³/mol. The molecule has 4 aromatic rings. The van der Waals surface area contributed by atoms with E-state index in [1.54, 1.807) is 49.2 Å². The monoisotopic (exact) mass is 478 g/mol.